The number of non-ortho nitro benzene ring substituents is 1. The standard InChI is InChI=1S/C37H34N4O6/c1-24-33(36(42)43)35(30-12-7-13-31(23-30)41(45)46)34(25(2)40-24)37(44)47-21-18-28(11-6-10-26-8-4-3-5-9-26)29-16-14-27(15-17-29)22-32-38-19-20-39-32/h3-10,12-20,23,35,40H,11,21-22H2,1-2H3,(H,38,39)(H,42,43). The maximum absolute atomic E-state index is 13.7. The normalized spacial score (nSPS) is 15.1. The van der Waals surface area contributed by atoms with Gasteiger partial charge in [-0.1, -0.05) is 78.9 Å². The molecule has 1 aromatic heterocycles. The van der Waals surface area contributed by atoms with Crippen molar-refractivity contribution < 1.29 is 24.4 Å². The zero-order valence-electron chi connectivity index (χ0n) is 26.0. The first-order valence-electron chi connectivity index (χ1n) is 15.0. The van der Waals surface area contributed by atoms with Crippen LogP contribution in [-0.2, 0) is 20.7 Å². The molecule has 3 aromatic carbocycles. The fraction of sp³-hybridized carbons (Fsp3) is 0.162. The number of aliphatic carboxylic acids is 1. The number of hydrogen-bond donors (Lipinski definition) is 3. The third-order valence-corrected chi connectivity index (χ3v) is 7.87. The van der Waals surface area contributed by atoms with E-state index >= 15 is 0 Å². The molecule has 47 heavy (non-hydrogen) atoms. The maximum Gasteiger partial charge on any atom is 0.337 e. The van der Waals surface area contributed by atoms with Crippen LogP contribution in [0.3, 0.4) is 0 Å². The number of carbonyl (C=O) groups is 2. The molecule has 0 bridgehead atoms. The Morgan fingerprint density at radius 1 is 1.00 bits per heavy atom. The number of allylic oxidation sites excluding steroid dienone is 4. The first-order valence-corrected chi connectivity index (χ1v) is 15.0. The van der Waals surface area contributed by atoms with E-state index in [1.54, 1.807) is 32.3 Å². The summed E-state index contributed by atoms with van der Waals surface area (Å²) in [6.07, 6.45) is 10.6. The highest BCUT2D eigenvalue weighted by Crippen LogP contribution is 2.39. The molecule has 2 heterocycles. The van der Waals surface area contributed by atoms with Gasteiger partial charge < -0.3 is 20.1 Å². The first-order chi connectivity index (χ1) is 22.7. The van der Waals surface area contributed by atoms with Crippen molar-refractivity contribution in [3.63, 3.8) is 0 Å². The number of carboxylic acids is 1. The minimum atomic E-state index is -1.24. The highest BCUT2D eigenvalue weighted by molar-refractivity contribution is 5.99. The molecule has 1 unspecified atom stereocenters. The molecule has 1 atom stereocenters. The fourth-order valence-corrected chi connectivity index (χ4v) is 5.62. The summed E-state index contributed by atoms with van der Waals surface area (Å²) >= 11 is 0. The predicted molar refractivity (Wildman–Crippen MR) is 179 cm³/mol. The molecular formula is C37H34N4O6. The van der Waals surface area contributed by atoms with E-state index in [0.717, 1.165) is 28.1 Å². The van der Waals surface area contributed by atoms with Crippen LogP contribution in [0.4, 0.5) is 5.69 Å². The summed E-state index contributed by atoms with van der Waals surface area (Å²) in [4.78, 5) is 44.4. The van der Waals surface area contributed by atoms with Crippen molar-refractivity contribution in [1.29, 1.82) is 0 Å². The molecule has 0 aliphatic carbocycles. The Morgan fingerprint density at radius 2 is 1.74 bits per heavy atom. The number of H-pyrrole nitrogens is 1. The van der Waals surface area contributed by atoms with Crippen LogP contribution in [0.1, 0.15) is 54.3 Å². The Morgan fingerprint density at radius 3 is 2.43 bits per heavy atom. The Kier molecular flexibility index (Phi) is 10.2. The van der Waals surface area contributed by atoms with E-state index in [9.17, 15) is 24.8 Å². The van der Waals surface area contributed by atoms with Crippen LogP contribution in [-0.4, -0.2) is 38.5 Å². The highest BCUT2D eigenvalue weighted by Gasteiger charge is 2.37. The quantitative estimate of drug-likeness (QED) is 0.0865. The number of rotatable bonds is 12. The van der Waals surface area contributed by atoms with Gasteiger partial charge in [0.1, 0.15) is 12.4 Å². The predicted octanol–water partition coefficient (Wildman–Crippen LogP) is 6.96. The molecule has 3 N–H and O–H groups in total. The number of nitro benzene ring substituents is 1. The van der Waals surface area contributed by atoms with Crippen LogP contribution < -0.4 is 5.32 Å². The molecule has 1 aliphatic heterocycles. The van der Waals surface area contributed by atoms with Gasteiger partial charge in [-0.15, -0.1) is 0 Å². The van der Waals surface area contributed by atoms with Crippen LogP contribution in [0.5, 0.6) is 0 Å². The monoisotopic (exact) mass is 630 g/mol. The van der Waals surface area contributed by atoms with E-state index < -0.39 is 22.8 Å². The second-order valence-corrected chi connectivity index (χ2v) is 11.0. The number of nitro groups is 1. The van der Waals surface area contributed by atoms with E-state index in [0.29, 0.717) is 29.8 Å². The van der Waals surface area contributed by atoms with Gasteiger partial charge in [0.2, 0.25) is 0 Å². The lowest BCUT2D eigenvalue weighted by Crippen LogP contribution is -2.31. The summed E-state index contributed by atoms with van der Waals surface area (Å²) in [5.74, 6) is -2.16. The Bertz CT molecular complexity index is 1890. The molecule has 10 nitrogen and oxygen atoms in total. The average molecular weight is 631 g/mol. The average Bonchev–Trinajstić information content (AvgIpc) is 3.57. The van der Waals surface area contributed by atoms with Gasteiger partial charge in [-0.2, -0.15) is 0 Å². The number of aromatic nitrogens is 2. The van der Waals surface area contributed by atoms with Crippen molar-refractivity contribution in [2.75, 3.05) is 6.61 Å². The minimum absolute atomic E-state index is 0.0783. The van der Waals surface area contributed by atoms with Crippen LogP contribution >= 0.6 is 0 Å². The third kappa shape index (κ3) is 7.98. The number of hydrogen-bond acceptors (Lipinski definition) is 7. The van der Waals surface area contributed by atoms with Crippen LogP contribution in [0.2, 0.25) is 0 Å². The van der Waals surface area contributed by atoms with Crippen LogP contribution in [0, 0.1) is 10.1 Å². The molecule has 0 saturated heterocycles. The summed E-state index contributed by atoms with van der Waals surface area (Å²) in [5, 5.41) is 24.6. The molecule has 238 valence electrons. The molecule has 0 amide bonds. The van der Waals surface area contributed by atoms with Gasteiger partial charge in [-0.05, 0) is 54.2 Å². The largest absolute Gasteiger partial charge is 0.478 e. The summed E-state index contributed by atoms with van der Waals surface area (Å²) in [5.41, 5.74) is 4.88. The first kappa shape index (κ1) is 32.4. The van der Waals surface area contributed by atoms with Crippen LogP contribution in [0.15, 0.2) is 126 Å². The van der Waals surface area contributed by atoms with E-state index in [1.807, 2.05) is 72.8 Å². The summed E-state index contributed by atoms with van der Waals surface area (Å²) in [7, 11) is 0. The Hall–Kier alpha value is -6.03. The third-order valence-electron chi connectivity index (χ3n) is 7.87. The lowest BCUT2D eigenvalue weighted by molar-refractivity contribution is -0.384. The minimum Gasteiger partial charge on any atom is -0.478 e. The fourth-order valence-electron chi connectivity index (χ4n) is 5.62. The van der Waals surface area contributed by atoms with E-state index in [2.05, 4.69) is 15.3 Å². The zero-order valence-corrected chi connectivity index (χ0v) is 26.0. The SMILES string of the molecule is CC1=C(C(=O)O)C(c2cccc([N+](=O)[O-])c2)C(C(=O)OCC=C(CC=Cc2ccccc2)c2ccc(Cc3ncc[nH]3)cc2)=C(C)N1. The van der Waals surface area contributed by atoms with E-state index in [-0.39, 0.29) is 23.4 Å². The molecule has 1 aliphatic rings. The van der Waals surface area contributed by atoms with Crippen molar-refractivity contribution >= 4 is 29.3 Å². The van der Waals surface area contributed by atoms with Gasteiger partial charge in [0.05, 0.1) is 22.0 Å². The van der Waals surface area contributed by atoms with Gasteiger partial charge in [0, 0.05) is 42.3 Å². The van der Waals surface area contributed by atoms with Gasteiger partial charge in [-0.25, -0.2) is 14.6 Å². The second kappa shape index (κ2) is 14.8. The highest BCUT2D eigenvalue weighted by atomic mass is 16.6. The van der Waals surface area contributed by atoms with Crippen molar-refractivity contribution in [1.82, 2.24) is 15.3 Å². The number of carbonyl (C=O) groups excluding carboxylic acids is 1. The lowest BCUT2D eigenvalue weighted by atomic mass is 9.80. The number of nitrogens with one attached hydrogen (secondary N) is 2. The zero-order chi connectivity index (χ0) is 33.3. The van der Waals surface area contributed by atoms with Gasteiger partial charge in [0.15, 0.2) is 0 Å². The van der Waals surface area contributed by atoms with Gasteiger partial charge >= 0.3 is 11.9 Å². The van der Waals surface area contributed by atoms with Gasteiger partial charge in [0.25, 0.3) is 5.69 Å². The van der Waals surface area contributed by atoms with Crippen molar-refractivity contribution in [3.05, 3.63) is 164 Å². The molecule has 4 aromatic rings. The van der Waals surface area contributed by atoms with Crippen molar-refractivity contribution in [3.8, 4) is 0 Å². The number of ether oxygens (including phenoxy) is 1. The van der Waals surface area contributed by atoms with E-state index in [1.165, 1.54) is 18.2 Å². The molecule has 0 fully saturated rings. The molecule has 0 spiro atoms. The maximum atomic E-state index is 13.7. The van der Waals surface area contributed by atoms with Crippen LogP contribution in [0.25, 0.3) is 11.6 Å². The number of aromatic amines is 1. The number of dihydropyridines is 1. The number of carboxylic acid groups (broad SMARTS) is 1. The molecule has 5 rings (SSSR count). The lowest BCUT2D eigenvalue weighted by Gasteiger charge is -2.29. The smallest absolute Gasteiger partial charge is 0.337 e. The Balaban J connectivity index is 1.40. The molecule has 0 saturated carbocycles. The summed E-state index contributed by atoms with van der Waals surface area (Å²) in [6.45, 7) is 3.17. The topological polar surface area (TPSA) is 147 Å². The number of nitrogens with zero attached hydrogens (tertiary/aromatic N) is 2. The van der Waals surface area contributed by atoms with Crippen molar-refractivity contribution in [2.24, 2.45) is 0 Å². The van der Waals surface area contributed by atoms with E-state index in [4.69, 9.17) is 4.74 Å². The number of esters is 1. The molecule has 0 radical (unpaired) electrons. The molecule has 10 heteroatoms. The number of imidazole rings is 1. The van der Waals surface area contributed by atoms with Gasteiger partial charge in [-0.3, -0.25) is 10.1 Å². The second-order valence-electron chi connectivity index (χ2n) is 11.0. The van der Waals surface area contributed by atoms with Crippen molar-refractivity contribution in [2.45, 2.75) is 32.6 Å². The summed E-state index contributed by atoms with van der Waals surface area (Å²) in [6, 6.07) is 23.7. The Labute approximate surface area is 272 Å². The molecular weight excluding hydrogens is 596 g/mol. The number of benzene rings is 3. The summed E-state index contributed by atoms with van der Waals surface area (Å²) < 4.78 is 5.76.